The van der Waals surface area contributed by atoms with E-state index in [9.17, 15) is 14.4 Å². The highest BCUT2D eigenvalue weighted by atomic mass is 32.2. The number of carbonyl (C=O) groups excluding carboxylic acids is 3. The Labute approximate surface area is 383 Å². The Kier molecular flexibility index (Phi) is 14.5. The molecule has 0 bridgehead atoms. The summed E-state index contributed by atoms with van der Waals surface area (Å²) < 4.78 is 0. The summed E-state index contributed by atoms with van der Waals surface area (Å²) in [6.07, 6.45) is 5.86. The second-order valence-electron chi connectivity index (χ2n) is 14.3. The van der Waals surface area contributed by atoms with Gasteiger partial charge in [-0.05, 0) is 142 Å². The molecule has 63 heavy (non-hydrogen) atoms. The van der Waals surface area contributed by atoms with Crippen molar-refractivity contribution in [1.82, 2.24) is 0 Å². The lowest BCUT2D eigenvalue weighted by molar-refractivity contribution is -0.109. The van der Waals surface area contributed by atoms with Crippen molar-refractivity contribution in [2.45, 2.75) is 35.5 Å². The summed E-state index contributed by atoms with van der Waals surface area (Å²) in [6.45, 7) is 4.67. The Bertz CT molecular complexity index is 2730. The lowest BCUT2D eigenvalue weighted by Crippen LogP contribution is -2.74. The quantitative estimate of drug-likeness (QED) is 0.0690. The number of hydrogen-bond acceptors (Lipinski definition) is 6. The van der Waals surface area contributed by atoms with E-state index in [2.05, 4.69) is 126 Å². The maximum Gasteiger partial charge on any atom is 0.190 e. The van der Waals surface area contributed by atoms with Crippen LogP contribution in [0.5, 0.6) is 0 Å². The van der Waals surface area contributed by atoms with Crippen molar-refractivity contribution in [1.29, 1.82) is 0 Å². The molecule has 0 fully saturated rings. The van der Waals surface area contributed by atoms with E-state index in [-0.39, 0.29) is 15.3 Å². The fourth-order valence-electron chi connectivity index (χ4n) is 6.98. The molecule has 0 aromatic heterocycles. The van der Waals surface area contributed by atoms with Crippen LogP contribution in [0.2, 0.25) is 0 Å². The molecule has 7 rings (SSSR count). The van der Waals surface area contributed by atoms with E-state index < -0.39 is 8.07 Å². The van der Waals surface area contributed by atoms with Crippen LogP contribution >= 0.6 is 35.3 Å². The second-order valence-corrected chi connectivity index (χ2v) is 21.9. The van der Waals surface area contributed by atoms with E-state index >= 15 is 0 Å². The monoisotopic (exact) mass is 882 g/mol. The minimum Gasteiger partial charge on any atom is -0.287 e. The maximum atomic E-state index is 11.6. The predicted molar refractivity (Wildman–Crippen MR) is 265 cm³/mol. The average Bonchev–Trinajstić information content (AvgIpc) is 3.29. The summed E-state index contributed by atoms with van der Waals surface area (Å²) in [5, 5.41) is 4.79. The number of thioether (sulfide) groups is 3. The molecule has 0 saturated heterocycles. The Morgan fingerprint density at radius 1 is 0.333 bits per heavy atom. The van der Waals surface area contributed by atoms with Gasteiger partial charge in [0.1, 0.15) is 0 Å². The van der Waals surface area contributed by atoms with Gasteiger partial charge in [0.2, 0.25) is 0 Å². The van der Waals surface area contributed by atoms with Crippen LogP contribution in [-0.2, 0) is 14.4 Å². The van der Waals surface area contributed by atoms with Gasteiger partial charge in [0.05, 0.1) is 0 Å². The topological polar surface area (TPSA) is 51.2 Å². The molecular formula is C56H38O3S3Si. The van der Waals surface area contributed by atoms with E-state index in [0.717, 1.165) is 74.4 Å². The maximum absolute atomic E-state index is 11.6. The lowest BCUT2D eigenvalue weighted by Gasteiger charge is -2.34. The zero-order valence-corrected chi connectivity index (χ0v) is 38.1. The van der Waals surface area contributed by atoms with Gasteiger partial charge in [-0.15, -0.1) is 6.42 Å². The molecule has 0 atom stereocenters. The van der Waals surface area contributed by atoms with Crippen LogP contribution in [-0.4, -0.2) is 23.4 Å². The Balaban J connectivity index is 1.30. The summed E-state index contributed by atoms with van der Waals surface area (Å²) >= 11 is 3.61. The molecule has 0 amide bonds. The lowest BCUT2D eigenvalue weighted by atomic mass is 10.2. The first-order valence-electron chi connectivity index (χ1n) is 19.9. The van der Waals surface area contributed by atoms with Crippen molar-refractivity contribution in [3.05, 3.63) is 209 Å². The summed E-state index contributed by atoms with van der Waals surface area (Å²) in [5.41, 5.74) is 6.03. The van der Waals surface area contributed by atoms with Gasteiger partial charge in [0.25, 0.3) is 0 Å². The number of benzene rings is 7. The number of hydrogen-bond donors (Lipinski definition) is 0. The van der Waals surface area contributed by atoms with Crippen LogP contribution < -0.4 is 20.7 Å². The Hall–Kier alpha value is -6.94. The molecule has 7 aromatic rings. The molecule has 7 aromatic carbocycles. The number of rotatable bonds is 7. The molecule has 302 valence electrons. The largest absolute Gasteiger partial charge is 0.287 e. The number of terminal acetylenes is 1. The summed E-state index contributed by atoms with van der Waals surface area (Å²) in [7, 11) is -3.03. The smallest absolute Gasteiger partial charge is 0.190 e. The third-order valence-electron chi connectivity index (χ3n) is 9.84. The van der Waals surface area contributed by atoms with E-state index in [0.29, 0.717) is 0 Å². The van der Waals surface area contributed by atoms with E-state index in [1.807, 2.05) is 84.9 Å². The molecule has 0 aliphatic carbocycles. The van der Waals surface area contributed by atoms with Crippen LogP contribution in [0, 0.1) is 47.9 Å². The van der Waals surface area contributed by atoms with Crippen molar-refractivity contribution >= 4 is 79.5 Å². The predicted octanol–water partition coefficient (Wildman–Crippen LogP) is 9.16. The molecule has 0 heterocycles. The van der Waals surface area contributed by atoms with Crippen molar-refractivity contribution < 1.29 is 14.4 Å². The second kappa shape index (κ2) is 20.7. The molecule has 0 radical (unpaired) electrons. The first kappa shape index (κ1) is 44.1. The van der Waals surface area contributed by atoms with E-state index in [4.69, 9.17) is 6.42 Å². The van der Waals surface area contributed by atoms with Crippen LogP contribution in [0.3, 0.4) is 0 Å². The fraction of sp³-hybridized carbons (Fsp3) is 0.0536. The van der Waals surface area contributed by atoms with Crippen LogP contribution in [0.4, 0.5) is 0 Å². The molecule has 0 saturated carbocycles. The summed E-state index contributed by atoms with van der Waals surface area (Å²) in [5.74, 6) is 22.6. The average molecular weight is 883 g/mol. The van der Waals surface area contributed by atoms with Crippen molar-refractivity contribution in [3.8, 4) is 47.9 Å². The summed E-state index contributed by atoms with van der Waals surface area (Å²) in [4.78, 5) is 37.3. The van der Waals surface area contributed by atoms with Gasteiger partial charge < -0.3 is 0 Å². The van der Waals surface area contributed by atoms with E-state index in [1.165, 1.54) is 35.3 Å². The zero-order chi connectivity index (χ0) is 44.2. The van der Waals surface area contributed by atoms with Gasteiger partial charge >= 0.3 is 0 Å². The highest BCUT2D eigenvalue weighted by Gasteiger charge is 2.41. The van der Waals surface area contributed by atoms with Crippen LogP contribution in [0.25, 0.3) is 0 Å². The summed E-state index contributed by atoms with van der Waals surface area (Å²) in [6, 6.07) is 57.1. The number of carbonyl (C=O) groups is 3. The van der Waals surface area contributed by atoms with Crippen molar-refractivity contribution in [2.75, 3.05) is 0 Å². The normalized spacial score (nSPS) is 10.4. The molecular weight excluding hydrogens is 845 g/mol. The third kappa shape index (κ3) is 11.5. The van der Waals surface area contributed by atoms with Gasteiger partial charge in [0, 0.05) is 74.4 Å². The molecule has 3 nitrogen and oxygen atoms in total. The van der Waals surface area contributed by atoms with Crippen LogP contribution in [0.15, 0.2) is 185 Å². The minimum atomic E-state index is -3.03. The molecule has 0 aliphatic rings. The Morgan fingerprint density at radius 3 is 0.714 bits per heavy atom. The minimum absolute atomic E-state index is 0.0449. The van der Waals surface area contributed by atoms with Crippen molar-refractivity contribution in [3.63, 3.8) is 0 Å². The van der Waals surface area contributed by atoms with Gasteiger partial charge in [-0.25, -0.2) is 0 Å². The van der Waals surface area contributed by atoms with E-state index in [1.54, 1.807) is 20.8 Å². The van der Waals surface area contributed by atoms with Gasteiger partial charge in [-0.1, -0.05) is 125 Å². The Morgan fingerprint density at radius 2 is 0.524 bits per heavy atom. The van der Waals surface area contributed by atoms with Gasteiger partial charge in [0.15, 0.2) is 23.4 Å². The molecule has 0 N–H and O–H groups in total. The fourth-order valence-corrected chi connectivity index (χ4v) is 13.5. The zero-order valence-electron chi connectivity index (χ0n) is 34.7. The highest BCUT2D eigenvalue weighted by molar-refractivity contribution is 8.14. The van der Waals surface area contributed by atoms with Gasteiger partial charge in [-0.3, -0.25) is 14.4 Å². The SMILES string of the molecule is C#Cc1ccc([Si](c2ccc(C#Cc3ccc(SC(C)=O)cc3)cc2)(c2ccc(C#Cc3ccc(SC(C)=O)cc3)cc2)c2ccc(C#Cc3ccc(SC(C)=O)cc3)cc2)cc1. The first-order chi connectivity index (χ1) is 30.6. The van der Waals surface area contributed by atoms with Crippen LogP contribution in [0.1, 0.15) is 59.7 Å². The van der Waals surface area contributed by atoms with Gasteiger partial charge in [-0.2, -0.15) is 0 Å². The third-order valence-corrected chi connectivity index (χ3v) is 17.0. The first-order valence-corrected chi connectivity index (χ1v) is 24.3. The molecule has 7 heteroatoms. The van der Waals surface area contributed by atoms with Crippen molar-refractivity contribution in [2.24, 2.45) is 0 Å². The highest BCUT2D eigenvalue weighted by Crippen LogP contribution is 2.21. The molecule has 0 unspecified atom stereocenters. The molecule has 0 aliphatic heterocycles. The molecule has 0 spiro atoms. The standard InChI is InChI=1S/C56H38O3S3Si/c1-5-43-18-32-53(33-19-43)63(54-34-20-47(21-35-54)9-6-44-12-26-50(27-13-44)60-40(2)57,55-36-22-48(23-37-55)10-7-45-14-28-51(29-15-45)61-41(3)58)56-38-24-49(25-39-56)11-8-46-16-30-52(31-17-46)62-42(4)59/h1,12-39H,2-4H3.